The molecule has 11 heavy (non-hydrogen) atoms. The van der Waals surface area contributed by atoms with Gasteiger partial charge in [-0.3, -0.25) is 0 Å². The molecule has 1 aliphatic heterocycles. The van der Waals surface area contributed by atoms with Crippen molar-refractivity contribution in [3.63, 3.8) is 0 Å². The van der Waals surface area contributed by atoms with Gasteiger partial charge in [-0.15, -0.1) is 0 Å². The number of hydrogen-bond acceptors (Lipinski definition) is 2. The Labute approximate surface area is 76.0 Å². The zero-order valence-electron chi connectivity index (χ0n) is 5.96. The van der Waals surface area contributed by atoms with Crippen molar-refractivity contribution in [1.29, 1.82) is 0 Å². The summed E-state index contributed by atoms with van der Waals surface area (Å²) in [5.41, 5.74) is 0. The summed E-state index contributed by atoms with van der Waals surface area (Å²) in [4.78, 5) is 11.5. The molecule has 1 rings (SSSR count). The molecule has 60 valence electrons. The summed E-state index contributed by atoms with van der Waals surface area (Å²) < 4.78 is 4.98. The maximum Gasteiger partial charge on any atom is 0.167 e. The minimum atomic E-state index is -0.562. The van der Waals surface area contributed by atoms with Crippen LogP contribution in [0.2, 0.25) is 0 Å². The average molecular weight is 235 g/mol. The van der Waals surface area contributed by atoms with E-state index in [1.54, 1.807) is 7.11 Å². The first-order valence-corrected chi connectivity index (χ1v) is 5.31. The van der Waals surface area contributed by atoms with Gasteiger partial charge < -0.3 is 4.74 Å². The lowest BCUT2D eigenvalue weighted by atomic mass is 10.5. The van der Waals surface area contributed by atoms with Gasteiger partial charge in [-0.2, -0.15) is 0 Å². The van der Waals surface area contributed by atoms with Crippen molar-refractivity contribution in [3.8, 4) is 0 Å². The SMILES string of the molecule is COC1=CC=C(CBr)S1=C=O. The molecule has 0 bridgehead atoms. The van der Waals surface area contributed by atoms with Gasteiger partial charge in [-0.1, -0.05) is 15.9 Å². The van der Waals surface area contributed by atoms with E-state index < -0.39 is 10.5 Å². The van der Waals surface area contributed by atoms with Crippen molar-refractivity contribution >= 4 is 31.6 Å². The van der Waals surface area contributed by atoms with Crippen LogP contribution in [0.3, 0.4) is 0 Å². The molecule has 0 saturated carbocycles. The van der Waals surface area contributed by atoms with E-state index in [2.05, 4.69) is 15.9 Å². The van der Waals surface area contributed by atoms with Crippen LogP contribution in [0, 0.1) is 0 Å². The summed E-state index contributed by atoms with van der Waals surface area (Å²) >= 11 is 3.28. The predicted octanol–water partition coefficient (Wildman–Crippen LogP) is 2.10. The van der Waals surface area contributed by atoms with Crippen LogP contribution in [-0.4, -0.2) is 17.7 Å². The molecule has 0 aromatic rings. The molecule has 0 saturated heterocycles. The summed E-state index contributed by atoms with van der Waals surface area (Å²) in [6, 6.07) is 0. The van der Waals surface area contributed by atoms with Gasteiger partial charge in [0, 0.05) is 10.2 Å². The quantitative estimate of drug-likeness (QED) is 0.541. The summed E-state index contributed by atoms with van der Waals surface area (Å²) in [6.45, 7) is 0. The first-order chi connectivity index (χ1) is 5.33. The lowest BCUT2D eigenvalue weighted by Crippen LogP contribution is -1.82. The van der Waals surface area contributed by atoms with Crippen LogP contribution in [0.25, 0.3) is 0 Å². The van der Waals surface area contributed by atoms with Crippen LogP contribution in [0.1, 0.15) is 0 Å². The predicted molar refractivity (Wildman–Crippen MR) is 50.3 cm³/mol. The van der Waals surface area contributed by atoms with Gasteiger partial charge in [-0.05, 0) is 22.6 Å². The van der Waals surface area contributed by atoms with Crippen molar-refractivity contribution in [2.45, 2.75) is 0 Å². The highest BCUT2D eigenvalue weighted by atomic mass is 79.9. The molecule has 1 aliphatic rings. The van der Waals surface area contributed by atoms with Crippen molar-refractivity contribution < 1.29 is 9.53 Å². The number of ether oxygens (including phenoxy) is 1. The molecule has 0 radical (unpaired) electrons. The monoisotopic (exact) mass is 234 g/mol. The summed E-state index contributed by atoms with van der Waals surface area (Å²) in [6.07, 6.45) is 3.70. The smallest absolute Gasteiger partial charge is 0.167 e. The number of carbonyl (C=O) groups excluding carboxylic acids is 1. The molecule has 4 heteroatoms. The van der Waals surface area contributed by atoms with Crippen molar-refractivity contribution in [1.82, 2.24) is 0 Å². The van der Waals surface area contributed by atoms with Crippen LogP contribution < -0.4 is 0 Å². The van der Waals surface area contributed by atoms with E-state index in [9.17, 15) is 4.79 Å². The average Bonchev–Trinajstić information content (AvgIpc) is 2.45. The van der Waals surface area contributed by atoms with Crippen molar-refractivity contribution in [2.24, 2.45) is 0 Å². The molecule has 0 N–H and O–H groups in total. The Balaban J connectivity index is 2.93. The van der Waals surface area contributed by atoms with Gasteiger partial charge in [0.05, 0.1) is 7.11 Å². The second kappa shape index (κ2) is 3.90. The minimum absolute atomic E-state index is 0.562. The largest absolute Gasteiger partial charge is 0.490 e. The van der Waals surface area contributed by atoms with E-state index >= 15 is 0 Å². The molecule has 1 atom stereocenters. The highest BCUT2D eigenvalue weighted by Crippen LogP contribution is 2.38. The Morgan fingerprint density at radius 2 is 2.45 bits per heavy atom. The molecule has 2 nitrogen and oxygen atoms in total. The van der Waals surface area contributed by atoms with E-state index in [0.717, 1.165) is 4.91 Å². The highest BCUT2D eigenvalue weighted by Gasteiger charge is 2.14. The summed E-state index contributed by atoms with van der Waals surface area (Å²) in [5, 5.41) is 3.36. The van der Waals surface area contributed by atoms with E-state index in [1.165, 1.54) is 0 Å². The van der Waals surface area contributed by atoms with Crippen LogP contribution in [0.5, 0.6) is 0 Å². The maximum atomic E-state index is 10.5. The standard InChI is InChI=1S/C7H7BrO2S/c1-10-7-3-2-6(4-8)11(7)5-9/h2-3H,4H2,1H3. The molecule has 0 amide bonds. The number of hydrogen-bond donors (Lipinski definition) is 0. The van der Waals surface area contributed by atoms with Crippen LogP contribution in [-0.2, 0) is 9.53 Å². The second-order valence-corrected chi connectivity index (χ2v) is 4.11. The second-order valence-electron chi connectivity index (χ2n) is 1.85. The first kappa shape index (κ1) is 8.78. The fourth-order valence-corrected chi connectivity index (χ4v) is 2.78. The molecule has 1 unspecified atom stereocenters. The first-order valence-electron chi connectivity index (χ1n) is 2.96. The van der Waals surface area contributed by atoms with Crippen LogP contribution in [0.4, 0.5) is 0 Å². The zero-order chi connectivity index (χ0) is 8.27. The number of alkyl halides is 1. The molecule has 0 aromatic carbocycles. The van der Waals surface area contributed by atoms with Gasteiger partial charge in [0.2, 0.25) is 0 Å². The molecule has 0 aliphatic carbocycles. The fraction of sp³-hybridized carbons (Fsp3) is 0.286. The van der Waals surface area contributed by atoms with Gasteiger partial charge in [0.15, 0.2) is 10.3 Å². The summed E-state index contributed by atoms with van der Waals surface area (Å²) in [7, 11) is 1.00. The number of halogens is 1. The molecule has 0 aromatic heterocycles. The summed E-state index contributed by atoms with van der Waals surface area (Å²) in [5.74, 6) is 0. The molecule has 0 spiro atoms. The lowest BCUT2D eigenvalue weighted by Gasteiger charge is -2.02. The van der Waals surface area contributed by atoms with Crippen molar-refractivity contribution in [2.75, 3.05) is 12.4 Å². The number of allylic oxidation sites excluding steroid dienone is 3. The van der Waals surface area contributed by atoms with Crippen LogP contribution in [0.15, 0.2) is 22.1 Å². The zero-order valence-corrected chi connectivity index (χ0v) is 8.37. The number of methoxy groups -OCH3 is 1. The van der Waals surface area contributed by atoms with Gasteiger partial charge in [-0.25, -0.2) is 4.79 Å². The van der Waals surface area contributed by atoms with Crippen molar-refractivity contribution in [3.05, 3.63) is 22.1 Å². The molecule has 1 heterocycles. The topological polar surface area (TPSA) is 26.3 Å². The molecular formula is C7H7BrO2S. The Bertz CT molecular complexity index is 252. The minimum Gasteiger partial charge on any atom is -0.490 e. The van der Waals surface area contributed by atoms with Gasteiger partial charge in [0.25, 0.3) is 0 Å². The third-order valence-electron chi connectivity index (χ3n) is 1.28. The Morgan fingerprint density at radius 1 is 1.73 bits per heavy atom. The van der Waals surface area contributed by atoms with E-state index in [0.29, 0.717) is 10.4 Å². The molecule has 0 fully saturated rings. The van der Waals surface area contributed by atoms with Crippen LogP contribution >= 0.6 is 26.4 Å². The van der Waals surface area contributed by atoms with Gasteiger partial charge >= 0.3 is 0 Å². The third kappa shape index (κ3) is 1.64. The molecular weight excluding hydrogens is 228 g/mol. The third-order valence-corrected chi connectivity index (χ3v) is 3.94. The Morgan fingerprint density at radius 3 is 2.91 bits per heavy atom. The Hall–Kier alpha value is -0.310. The lowest BCUT2D eigenvalue weighted by molar-refractivity contribution is 0.325. The van der Waals surface area contributed by atoms with E-state index in [-0.39, 0.29) is 0 Å². The normalized spacial score (nSPS) is 22.2. The van der Waals surface area contributed by atoms with E-state index in [4.69, 9.17) is 4.74 Å². The fourth-order valence-electron chi connectivity index (χ4n) is 0.771. The highest BCUT2D eigenvalue weighted by molar-refractivity contribution is 9.09. The Kier molecular flexibility index (Phi) is 3.12. The van der Waals surface area contributed by atoms with Gasteiger partial charge in [0.1, 0.15) is 0 Å². The van der Waals surface area contributed by atoms with E-state index in [1.807, 2.05) is 17.4 Å². The number of rotatable bonds is 2. The maximum absolute atomic E-state index is 10.5.